The predicted octanol–water partition coefficient (Wildman–Crippen LogP) is 3.97. The van der Waals surface area contributed by atoms with E-state index in [0.717, 1.165) is 28.6 Å². The third-order valence-corrected chi connectivity index (χ3v) is 5.89. The fraction of sp³-hybridized carbons (Fsp3) is 0.143. The number of aromatic amines is 2. The lowest BCUT2D eigenvalue weighted by atomic mass is 9.95. The Hall–Kier alpha value is -2.87. The predicted molar refractivity (Wildman–Crippen MR) is 116 cm³/mol. The van der Waals surface area contributed by atoms with Crippen LogP contribution in [0.1, 0.15) is 22.9 Å². The van der Waals surface area contributed by atoms with E-state index < -0.39 is 11.6 Å². The van der Waals surface area contributed by atoms with Crippen molar-refractivity contribution < 1.29 is 5.11 Å². The molecule has 0 aliphatic carbocycles. The van der Waals surface area contributed by atoms with Gasteiger partial charge in [-0.1, -0.05) is 29.8 Å². The number of halogens is 1. The molecule has 1 aliphatic rings. The van der Waals surface area contributed by atoms with Gasteiger partial charge in [0.1, 0.15) is 5.56 Å². The maximum Gasteiger partial charge on any atom is 0.260 e. The summed E-state index contributed by atoms with van der Waals surface area (Å²) in [4.78, 5) is 19.0. The molecule has 4 N–H and O–H groups in total. The van der Waals surface area contributed by atoms with E-state index in [0.29, 0.717) is 17.3 Å². The molecule has 5 rings (SSSR count). The number of H-pyrrole nitrogens is 2. The Bertz CT molecular complexity index is 1350. The number of hydrogen-bond donors (Lipinski definition) is 4. The van der Waals surface area contributed by atoms with Gasteiger partial charge < -0.3 is 15.4 Å². The molecule has 0 saturated carbocycles. The second kappa shape index (κ2) is 6.88. The molecule has 0 radical (unpaired) electrons. The summed E-state index contributed by atoms with van der Waals surface area (Å²) >= 11 is 11.3. The van der Waals surface area contributed by atoms with Crippen molar-refractivity contribution in [2.45, 2.75) is 12.5 Å². The Morgan fingerprint density at radius 3 is 2.66 bits per heavy atom. The van der Waals surface area contributed by atoms with Gasteiger partial charge in [-0.15, -0.1) is 0 Å². The lowest BCUT2D eigenvalue weighted by Crippen LogP contribution is -2.35. The third kappa shape index (κ3) is 2.90. The maximum atomic E-state index is 12.9. The highest BCUT2D eigenvalue weighted by Crippen LogP contribution is 2.35. The number of aromatic nitrogens is 3. The van der Waals surface area contributed by atoms with Crippen molar-refractivity contribution in [3.8, 4) is 11.6 Å². The summed E-state index contributed by atoms with van der Waals surface area (Å²) < 4.78 is 1.56. The molecule has 4 aromatic rings. The molecular weight excluding hydrogens is 408 g/mol. The Morgan fingerprint density at radius 1 is 1.10 bits per heavy atom. The summed E-state index contributed by atoms with van der Waals surface area (Å²) in [7, 11) is 0. The zero-order chi connectivity index (χ0) is 20.1. The second-order valence-electron chi connectivity index (χ2n) is 7.01. The molecule has 2 aromatic heterocycles. The standard InChI is InChI=1S/C21H17ClN4O2S/c22-11-5-7-12(8-6-11)26-20(28)16(19(27)25-21(26)29)18-17-14(9-10-23-18)13-3-1-2-4-15(13)24-17/h1-8,18,23-24,28H,9-10H2,(H,25,27,29)/t18-/m1/s1. The van der Waals surface area contributed by atoms with Gasteiger partial charge >= 0.3 is 0 Å². The SMILES string of the molecule is O=c1[nH]c(=S)n(-c2ccc(Cl)cc2)c(O)c1[C@H]1NCCc2c1[nH]c1ccccc21. The van der Waals surface area contributed by atoms with Crippen molar-refractivity contribution in [3.63, 3.8) is 0 Å². The van der Waals surface area contributed by atoms with Gasteiger partial charge in [-0.3, -0.25) is 14.3 Å². The Kier molecular flexibility index (Phi) is 4.31. The van der Waals surface area contributed by atoms with Gasteiger partial charge in [0.15, 0.2) is 4.77 Å². The van der Waals surface area contributed by atoms with Crippen LogP contribution < -0.4 is 10.9 Å². The largest absolute Gasteiger partial charge is 0.494 e. The van der Waals surface area contributed by atoms with Crippen LogP contribution >= 0.6 is 23.8 Å². The first kappa shape index (κ1) is 18.2. The van der Waals surface area contributed by atoms with Gasteiger partial charge in [0.2, 0.25) is 5.88 Å². The summed E-state index contributed by atoms with van der Waals surface area (Å²) in [6, 6.07) is 14.5. The van der Waals surface area contributed by atoms with E-state index in [1.54, 1.807) is 24.3 Å². The highest BCUT2D eigenvalue weighted by Gasteiger charge is 2.30. The maximum absolute atomic E-state index is 12.9. The van der Waals surface area contributed by atoms with Crippen molar-refractivity contribution in [3.05, 3.63) is 85.5 Å². The number of aromatic hydroxyl groups is 1. The molecule has 0 unspecified atom stereocenters. The molecule has 3 heterocycles. The van der Waals surface area contributed by atoms with Crippen LogP contribution in [0.2, 0.25) is 5.02 Å². The van der Waals surface area contributed by atoms with E-state index >= 15 is 0 Å². The molecule has 8 heteroatoms. The van der Waals surface area contributed by atoms with Crippen molar-refractivity contribution in [1.82, 2.24) is 19.9 Å². The van der Waals surface area contributed by atoms with Gasteiger partial charge in [-0.05, 0) is 54.5 Å². The average molecular weight is 425 g/mol. The molecule has 6 nitrogen and oxygen atoms in total. The Labute approximate surface area is 175 Å². The summed E-state index contributed by atoms with van der Waals surface area (Å²) in [5.74, 6) is -0.190. The monoisotopic (exact) mass is 424 g/mol. The molecule has 1 atom stereocenters. The second-order valence-corrected chi connectivity index (χ2v) is 7.83. The van der Waals surface area contributed by atoms with E-state index in [9.17, 15) is 9.90 Å². The average Bonchev–Trinajstić information content (AvgIpc) is 3.09. The molecule has 146 valence electrons. The molecule has 29 heavy (non-hydrogen) atoms. The number of para-hydroxylation sites is 1. The zero-order valence-electron chi connectivity index (χ0n) is 15.2. The van der Waals surface area contributed by atoms with Crippen molar-refractivity contribution >= 4 is 34.7 Å². The van der Waals surface area contributed by atoms with Crippen LogP contribution in [-0.4, -0.2) is 26.2 Å². The van der Waals surface area contributed by atoms with Crippen molar-refractivity contribution in [1.29, 1.82) is 0 Å². The van der Waals surface area contributed by atoms with Crippen LogP contribution in [0.15, 0.2) is 53.3 Å². The highest BCUT2D eigenvalue weighted by atomic mass is 35.5. The van der Waals surface area contributed by atoms with Gasteiger partial charge in [0.25, 0.3) is 5.56 Å². The lowest BCUT2D eigenvalue weighted by Gasteiger charge is -2.25. The Morgan fingerprint density at radius 2 is 1.86 bits per heavy atom. The summed E-state index contributed by atoms with van der Waals surface area (Å²) in [5.41, 5.74) is 3.47. The minimum Gasteiger partial charge on any atom is -0.494 e. The number of nitrogens with zero attached hydrogens (tertiary/aromatic N) is 1. The van der Waals surface area contributed by atoms with Gasteiger partial charge in [-0.2, -0.15) is 0 Å². The number of rotatable bonds is 2. The highest BCUT2D eigenvalue weighted by molar-refractivity contribution is 7.71. The zero-order valence-corrected chi connectivity index (χ0v) is 16.8. The molecule has 2 aromatic carbocycles. The Balaban J connectivity index is 1.74. The van der Waals surface area contributed by atoms with Crippen LogP contribution in [0.3, 0.4) is 0 Å². The van der Waals surface area contributed by atoms with Crippen LogP contribution in [-0.2, 0) is 6.42 Å². The lowest BCUT2D eigenvalue weighted by molar-refractivity contribution is 0.412. The fourth-order valence-corrected chi connectivity index (χ4v) is 4.47. The molecular formula is C21H17ClN4O2S. The smallest absolute Gasteiger partial charge is 0.260 e. The first-order valence-corrected chi connectivity index (χ1v) is 10.00. The van der Waals surface area contributed by atoms with Crippen LogP contribution in [0.5, 0.6) is 5.88 Å². The number of nitrogens with one attached hydrogen (secondary N) is 3. The minimum absolute atomic E-state index is 0.117. The molecule has 0 fully saturated rings. The van der Waals surface area contributed by atoms with E-state index in [1.165, 1.54) is 4.57 Å². The van der Waals surface area contributed by atoms with Crippen molar-refractivity contribution in [2.75, 3.05) is 6.54 Å². The van der Waals surface area contributed by atoms with Crippen LogP contribution in [0.25, 0.3) is 16.6 Å². The minimum atomic E-state index is -0.482. The number of benzene rings is 2. The first-order valence-electron chi connectivity index (χ1n) is 9.21. The van der Waals surface area contributed by atoms with Crippen LogP contribution in [0, 0.1) is 4.77 Å². The molecule has 0 bridgehead atoms. The fourth-order valence-electron chi connectivity index (χ4n) is 4.06. The molecule has 1 aliphatic heterocycles. The molecule has 0 amide bonds. The van der Waals surface area contributed by atoms with Crippen LogP contribution in [0.4, 0.5) is 0 Å². The first-order chi connectivity index (χ1) is 14.0. The van der Waals surface area contributed by atoms with E-state index in [1.807, 2.05) is 18.2 Å². The topological polar surface area (TPSA) is 85.8 Å². The van der Waals surface area contributed by atoms with Gasteiger partial charge in [0.05, 0.1) is 11.7 Å². The van der Waals surface area contributed by atoms with E-state index in [2.05, 4.69) is 21.4 Å². The van der Waals surface area contributed by atoms with Crippen molar-refractivity contribution in [2.24, 2.45) is 0 Å². The summed E-state index contributed by atoms with van der Waals surface area (Å²) in [5, 5.41) is 16.2. The summed E-state index contributed by atoms with van der Waals surface area (Å²) in [6.07, 6.45) is 0.838. The van der Waals surface area contributed by atoms with Gasteiger partial charge in [-0.25, -0.2) is 0 Å². The van der Waals surface area contributed by atoms with E-state index in [4.69, 9.17) is 23.8 Å². The molecule has 0 saturated heterocycles. The normalized spacial score (nSPS) is 16.1. The quantitative estimate of drug-likeness (QED) is 0.367. The number of fused-ring (bicyclic) bond motifs is 3. The number of hydrogen-bond acceptors (Lipinski definition) is 4. The summed E-state index contributed by atoms with van der Waals surface area (Å²) in [6.45, 7) is 0.689. The van der Waals surface area contributed by atoms with E-state index in [-0.39, 0.29) is 16.2 Å². The third-order valence-electron chi connectivity index (χ3n) is 5.35. The molecule has 0 spiro atoms. The van der Waals surface area contributed by atoms with Gasteiger partial charge in [0, 0.05) is 28.2 Å².